The fraction of sp³-hybridized carbons (Fsp3) is 0.750. The maximum atomic E-state index is 11.2. The average molecular weight is 202 g/mol. The number of hydrogen-bond donors (Lipinski definition) is 3. The Morgan fingerprint density at radius 3 is 2.79 bits per heavy atom. The van der Waals surface area contributed by atoms with Gasteiger partial charge in [0.1, 0.15) is 0 Å². The average Bonchev–Trinajstić information content (AvgIpc) is 2.50. The smallest absolute Gasteiger partial charge is 0.405 e. The molecular weight excluding hydrogens is 188 g/mol. The number of aliphatic hydroxyl groups excluding tert-OH is 1. The van der Waals surface area contributed by atoms with E-state index >= 15 is 0 Å². The Hall–Kier alpha value is -1.30. The van der Waals surface area contributed by atoms with Gasteiger partial charge in [-0.05, 0) is 6.42 Å². The summed E-state index contributed by atoms with van der Waals surface area (Å²) < 4.78 is 0. The molecule has 1 fully saturated rings. The molecule has 1 atom stereocenters. The predicted molar refractivity (Wildman–Crippen MR) is 47.8 cm³/mol. The Balaban J connectivity index is 2.39. The molecule has 3 N–H and O–H groups in total. The molecule has 1 saturated heterocycles. The Labute approximate surface area is 81.5 Å². The van der Waals surface area contributed by atoms with E-state index in [1.807, 2.05) is 0 Å². The SMILES string of the molecule is O=C(O)NC(CO)CN1CCCC1=O. The van der Waals surface area contributed by atoms with Crippen molar-refractivity contribution in [1.82, 2.24) is 10.2 Å². The fourth-order valence-corrected chi connectivity index (χ4v) is 1.49. The van der Waals surface area contributed by atoms with Gasteiger partial charge in [0.05, 0.1) is 12.6 Å². The second kappa shape index (κ2) is 4.80. The van der Waals surface area contributed by atoms with E-state index in [1.54, 1.807) is 4.90 Å². The van der Waals surface area contributed by atoms with Gasteiger partial charge in [-0.3, -0.25) is 4.79 Å². The second-order valence-corrected chi connectivity index (χ2v) is 3.27. The summed E-state index contributed by atoms with van der Waals surface area (Å²) in [4.78, 5) is 23.0. The van der Waals surface area contributed by atoms with Crippen LogP contribution in [0.4, 0.5) is 4.79 Å². The van der Waals surface area contributed by atoms with E-state index in [2.05, 4.69) is 5.32 Å². The third kappa shape index (κ3) is 2.88. The van der Waals surface area contributed by atoms with Crippen molar-refractivity contribution < 1.29 is 19.8 Å². The van der Waals surface area contributed by atoms with Crippen LogP contribution in [0.2, 0.25) is 0 Å². The summed E-state index contributed by atoms with van der Waals surface area (Å²) in [5.74, 6) is 0.0237. The highest BCUT2D eigenvalue weighted by Gasteiger charge is 2.23. The number of rotatable bonds is 4. The van der Waals surface area contributed by atoms with E-state index in [0.717, 1.165) is 6.42 Å². The molecule has 0 spiro atoms. The van der Waals surface area contributed by atoms with E-state index in [-0.39, 0.29) is 19.1 Å². The van der Waals surface area contributed by atoms with Crippen LogP contribution in [0.3, 0.4) is 0 Å². The molecular formula is C8H14N2O4. The van der Waals surface area contributed by atoms with Crippen molar-refractivity contribution in [1.29, 1.82) is 0 Å². The molecule has 2 amide bonds. The number of nitrogens with zero attached hydrogens (tertiary/aromatic N) is 1. The van der Waals surface area contributed by atoms with Gasteiger partial charge in [0.15, 0.2) is 0 Å². The minimum absolute atomic E-state index is 0.0237. The molecule has 6 heteroatoms. The van der Waals surface area contributed by atoms with Gasteiger partial charge in [-0.25, -0.2) is 4.79 Å². The molecule has 1 aliphatic rings. The first-order chi connectivity index (χ1) is 6.63. The second-order valence-electron chi connectivity index (χ2n) is 3.27. The number of nitrogens with one attached hydrogen (secondary N) is 1. The number of carboxylic acid groups (broad SMARTS) is 1. The lowest BCUT2D eigenvalue weighted by molar-refractivity contribution is -0.128. The molecule has 14 heavy (non-hydrogen) atoms. The summed E-state index contributed by atoms with van der Waals surface area (Å²) >= 11 is 0. The molecule has 0 aromatic heterocycles. The van der Waals surface area contributed by atoms with Crippen LogP contribution in [0.25, 0.3) is 0 Å². The van der Waals surface area contributed by atoms with Crippen molar-refractivity contribution in [2.75, 3.05) is 19.7 Å². The van der Waals surface area contributed by atoms with Crippen LogP contribution in [0.1, 0.15) is 12.8 Å². The first-order valence-corrected chi connectivity index (χ1v) is 4.51. The Morgan fingerprint density at radius 2 is 2.36 bits per heavy atom. The number of amides is 2. The summed E-state index contributed by atoms with van der Waals surface area (Å²) in [6.07, 6.45) is 0.144. The molecule has 0 radical (unpaired) electrons. The lowest BCUT2D eigenvalue weighted by Gasteiger charge is -2.21. The van der Waals surface area contributed by atoms with Crippen LogP contribution >= 0.6 is 0 Å². The van der Waals surface area contributed by atoms with E-state index in [4.69, 9.17) is 10.2 Å². The summed E-state index contributed by atoms with van der Waals surface area (Å²) in [5.41, 5.74) is 0. The summed E-state index contributed by atoms with van der Waals surface area (Å²) in [5, 5.41) is 19.4. The summed E-state index contributed by atoms with van der Waals surface area (Å²) in [6.45, 7) is 0.606. The highest BCUT2D eigenvalue weighted by Crippen LogP contribution is 2.09. The van der Waals surface area contributed by atoms with Gasteiger partial charge in [0, 0.05) is 19.5 Å². The zero-order chi connectivity index (χ0) is 10.6. The number of carbonyl (C=O) groups excluding carboxylic acids is 1. The molecule has 80 valence electrons. The van der Waals surface area contributed by atoms with Gasteiger partial charge in [0.2, 0.25) is 5.91 Å². The Bertz CT molecular complexity index is 231. The minimum atomic E-state index is -1.18. The molecule has 1 aliphatic heterocycles. The van der Waals surface area contributed by atoms with E-state index in [9.17, 15) is 9.59 Å². The minimum Gasteiger partial charge on any atom is -0.465 e. The van der Waals surface area contributed by atoms with Crippen molar-refractivity contribution in [3.05, 3.63) is 0 Å². The van der Waals surface area contributed by atoms with Crippen LogP contribution < -0.4 is 5.32 Å². The molecule has 1 heterocycles. The molecule has 1 rings (SSSR count). The van der Waals surface area contributed by atoms with E-state index in [0.29, 0.717) is 13.0 Å². The third-order valence-corrected chi connectivity index (χ3v) is 2.16. The maximum Gasteiger partial charge on any atom is 0.405 e. The lowest BCUT2D eigenvalue weighted by Crippen LogP contribution is -2.45. The number of likely N-dealkylation sites (tertiary alicyclic amines) is 1. The van der Waals surface area contributed by atoms with Crippen molar-refractivity contribution >= 4 is 12.0 Å². The number of hydrogen-bond acceptors (Lipinski definition) is 3. The van der Waals surface area contributed by atoms with Gasteiger partial charge >= 0.3 is 6.09 Å². The van der Waals surface area contributed by atoms with Crippen LogP contribution in [0.15, 0.2) is 0 Å². The zero-order valence-corrected chi connectivity index (χ0v) is 7.77. The molecule has 0 saturated carbocycles. The fourth-order valence-electron chi connectivity index (χ4n) is 1.49. The third-order valence-electron chi connectivity index (χ3n) is 2.16. The van der Waals surface area contributed by atoms with E-state index < -0.39 is 12.1 Å². The summed E-state index contributed by atoms with van der Waals surface area (Å²) in [6, 6.07) is -0.588. The predicted octanol–water partition coefficient (Wildman–Crippen LogP) is -0.763. The highest BCUT2D eigenvalue weighted by molar-refractivity contribution is 5.78. The van der Waals surface area contributed by atoms with Crippen molar-refractivity contribution in [3.8, 4) is 0 Å². The number of carbonyl (C=O) groups is 2. The molecule has 0 aliphatic carbocycles. The quantitative estimate of drug-likeness (QED) is 0.558. The van der Waals surface area contributed by atoms with Gasteiger partial charge in [0.25, 0.3) is 0 Å². The monoisotopic (exact) mass is 202 g/mol. The molecule has 6 nitrogen and oxygen atoms in total. The van der Waals surface area contributed by atoms with Crippen molar-refractivity contribution in [2.45, 2.75) is 18.9 Å². The van der Waals surface area contributed by atoms with Crippen LogP contribution in [-0.4, -0.2) is 52.9 Å². The highest BCUT2D eigenvalue weighted by atomic mass is 16.4. The van der Waals surface area contributed by atoms with Gasteiger partial charge in [-0.1, -0.05) is 0 Å². The van der Waals surface area contributed by atoms with Gasteiger partial charge in [-0.15, -0.1) is 0 Å². The molecule has 0 aromatic carbocycles. The first kappa shape index (κ1) is 10.8. The topological polar surface area (TPSA) is 89.9 Å². The standard InChI is InChI=1S/C8H14N2O4/c11-5-6(9-8(13)14)4-10-3-1-2-7(10)12/h6,9,11H,1-5H2,(H,13,14). The lowest BCUT2D eigenvalue weighted by atomic mass is 10.3. The van der Waals surface area contributed by atoms with Gasteiger partial charge < -0.3 is 20.4 Å². The maximum absolute atomic E-state index is 11.2. The van der Waals surface area contributed by atoms with Crippen molar-refractivity contribution in [2.24, 2.45) is 0 Å². The largest absolute Gasteiger partial charge is 0.465 e. The van der Waals surface area contributed by atoms with Gasteiger partial charge in [-0.2, -0.15) is 0 Å². The molecule has 0 aromatic rings. The number of aliphatic hydroxyl groups is 1. The first-order valence-electron chi connectivity index (χ1n) is 4.51. The Morgan fingerprint density at radius 1 is 1.64 bits per heavy atom. The van der Waals surface area contributed by atoms with Crippen LogP contribution in [-0.2, 0) is 4.79 Å². The Kier molecular flexibility index (Phi) is 3.70. The van der Waals surface area contributed by atoms with Crippen LogP contribution in [0.5, 0.6) is 0 Å². The van der Waals surface area contributed by atoms with E-state index in [1.165, 1.54) is 0 Å². The molecule has 0 bridgehead atoms. The van der Waals surface area contributed by atoms with Crippen molar-refractivity contribution in [3.63, 3.8) is 0 Å². The zero-order valence-electron chi connectivity index (χ0n) is 7.77. The normalized spacial score (nSPS) is 18.4. The summed E-state index contributed by atoms with van der Waals surface area (Å²) in [7, 11) is 0. The molecule has 1 unspecified atom stereocenters. The van der Waals surface area contributed by atoms with Crippen LogP contribution in [0, 0.1) is 0 Å².